The van der Waals surface area contributed by atoms with Gasteiger partial charge >= 0.3 is 0 Å². The molecule has 0 aromatic heterocycles. The van der Waals surface area contributed by atoms with E-state index in [-0.39, 0.29) is 10.9 Å². The zero-order chi connectivity index (χ0) is 15.3. The lowest BCUT2D eigenvalue weighted by molar-refractivity contribution is 0.0626. The zero-order valence-electron chi connectivity index (χ0n) is 12.4. The summed E-state index contributed by atoms with van der Waals surface area (Å²) in [5.74, 6) is 0. The van der Waals surface area contributed by atoms with E-state index in [1.54, 1.807) is 18.2 Å². The summed E-state index contributed by atoms with van der Waals surface area (Å²) < 4.78 is 32.6. The van der Waals surface area contributed by atoms with Crippen LogP contribution >= 0.6 is 0 Å². The third-order valence-electron chi connectivity index (χ3n) is 3.74. The van der Waals surface area contributed by atoms with Crippen molar-refractivity contribution in [2.24, 2.45) is 5.73 Å². The zero-order valence-corrected chi connectivity index (χ0v) is 13.2. The maximum Gasteiger partial charge on any atom is 0.240 e. The van der Waals surface area contributed by atoms with Crippen molar-refractivity contribution in [3.8, 4) is 0 Å². The van der Waals surface area contributed by atoms with Gasteiger partial charge < -0.3 is 10.5 Å². The molecule has 0 amide bonds. The largest absolute Gasteiger partial charge is 0.377 e. The van der Waals surface area contributed by atoms with Gasteiger partial charge in [0.05, 0.1) is 17.6 Å². The number of hydrogen-bond donors (Lipinski definition) is 2. The van der Waals surface area contributed by atoms with Crippen molar-refractivity contribution in [3.05, 3.63) is 29.8 Å². The standard InChI is InChI=1S/C15H24N2O3S/c1-12(16)13-5-4-8-15(11-13)21(18,19)17-9-10-20-14-6-2-3-7-14/h4-5,8,11-12,14,17H,2-3,6-7,9-10,16H2,1H3. The van der Waals surface area contributed by atoms with Crippen molar-refractivity contribution in [1.29, 1.82) is 0 Å². The Morgan fingerprint density at radius 1 is 1.38 bits per heavy atom. The van der Waals surface area contributed by atoms with E-state index in [1.807, 2.05) is 13.0 Å². The van der Waals surface area contributed by atoms with Crippen LogP contribution in [0.15, 0.2) is 29.2 Å². The Kier molecular flexibility index (Phi) is 5.75. The monoisotopic (exact) mass is 312 g/mol. The SMILES string of the molecule is CC(N)c1cccc(S(=O)(=O)NCCOC2CCCC2)c1. The number of rotatable bonds is 7. The van der Waals surface area contributed by atoms with Gasteiger partial charge in [-0.25, -0.2) is 13.1 Å². The maximum absolute atomic E-state index is 12.2. The predicted octanol–water partition coefficient (Wildman–Crippen LogP) is 1.94. The van der Waals surface area contributed by atoms with E-state index >= 15 is 0 Å². The minimum absolute atomic E-state index is 0.189. The summed E-state index contributed by atoms with van der Waals surface area (Å²) in [5.41, 5.74) is 6.59. The molecule has 21 heavy (non-hydrogen) atoms. The molecular weight excluding hydrogens is 288 g/mol. The Hall–Kier alpha value is -0.950. The average molecular weight is 312 g/mol. The molecule has 2 rings (SSSR count). The smallest absolute Gasteiger partial charge is 0.240 e. The van der Waals surface area contributed by atoms with Gasteiger partial charge in [0.15, 0.2) is 0 Å². The Labute approximate surface area is 126 Å². The second-order valence-electron chi connectivity index (χ2n) is 5.54. The summed E-state index contributed by atoms with van der Waals surface area (Å²) in [6.45, 7) is 2.53. The van der Waals surface area contributed by atoms with Crippen LogP contribution < -0.4 is 10.5 Å². The number of hydrogen-bond acceptors (Lipinski definition) is 4. The number of ether oxygens (including phenoxy) is 1. The third kappa shape index (κ3) is 4.78. The lowest BCUT2D eigenvalue weighted by atomic mass is 10.1. The first-order valence-corrected chi connectivity index (χ1v) is 8.94. The van der Waals surface area contributed by atoms with Gasteiger partial charge in [-0.3, -0.25) is 0 Å². The van der Waals surface area contributed by atoms with Crippen LogP contribution in [0.4, 0.5) is 0 Å². The Balaban J connectivity index is 1.87. The molecule has 0 aliphatic heterocycles. The first kappa shape index (κ1) is 16.4. The molecule has 0 saturated heterocycles. The molecule has 1 aliphatic rings. The van der Waals surface area contributed by atoms with Crippen LogP contribution in [0.25, 0.3) is 0 Å². The fourth-order valence-electron chi connectivity index (χ4n) is 2.50. The van der Waals surface area contributed by atoms with Gasteiger partial charge in [-0.15, -0.1) is 0 Å². The molecule has 1 aromatic carbocycles. The van der Waals surface area contributed by atoms with Crippen LogP contribution in [0.2, 0.25) is 0 Å². The van der Waals surface area contributed by atoms with Gasteiger partial charge in [0.1, 0.15) is 0 Å². The van der Waals surface area contributed by atoms with Crippen LogP contribution in [0.5, 0.6) is 0 Å². The molecule has 6 heteroatoms. The third-order valence-corrected chi connectivity index (χ3v) is 5.20. The first-order chi connectivity index (χ1) is 9.99. The van der Waals surface area contributed by atoms with E-state index in [9.17, 15) is 8.42 Å². The Morgan fingerprint density at radius 3 is 2.76 bits per heavy atom. The van der Waals surface area contributed by atoms with E-state index in [4.69, 9.17) is 10.5 Å². The molecule has 0 spiro atoms. The molecule has 5 nitrogen and oxygen atoms in total. The second kappa shape index (κ2) is 7.35. The summed E-state index contributed by atoms with van der Waals surface area (Å²) in [7, 11) is -3.50. The van der Waals surface area contributed by atoms with Crippen LogP contribution in [-0.4, -0.2) is 27.7 Å². The summed E-state index contributed by atoms with van der Waals surface area (Å²) >= 11 is 0. The van der Waals surface area contributed by atoms with Crippen LogP contribution in [0.1, 0.15) is 44.2 Å². The highest BCUT2D eigenvalue weighted by Crippen LogP contribution is 2.20. The number of nitrogens with one attached hydrogen (secondary N) is 1. The maximum atomic E-state index is 12.2. The molecule has 1 aliphatic carbocycles. The van der Waals surface area contributed by atoms with Crippen LogP contribution in [-0.2, 0) is 14.8 Å². The van der Waals surface area contributed by atoms with Crippen LogP contribution in [0.3, 0.4) is 0 Å². The molecule has 3 N–H and O–H groups in total. The normalized spacial score (nSPS) is 18.0. The lowest BCUT2D eigenvalue weighted by Crippen LogP contribution is -2.28. The molecule has 1 atom stereocenters. The molecule has 1 aromatic rings. The minimum atomic E-state index is -3.50. The molecule has 0 heterocycles. The molecule has 0 bridgehead atoms. The van der Waals surface area contributed by atoms with E-state index in [0.717, 1.165) is 18.4 Å². The molecule has 118 valence electrons. The van der Waals surface area contributed by atoms with Crippen LogP contribution in [0, 0.1) is 0 Å². The van der Waals surface area contributed by atoms with Gasteiger partial charge in [0.25, 0.3) is 0 Å². The highest BCUT2D eigenvalue weighted by molar-refractivity contribution is 7.89. The van der Waals surface area contributed by atoms with Crippen molar-refractivity contribution in [1.82, 2.24) is 4.72 Å². The second-order valence-corrected chi connectivity index (χ2v) is 7.30. The summed E-state index contributed by atoms with van der Waals surface area (Å²) in [6, 6.07) is 6.54. The first-order valence-electron chi connectivity index (χ1n) is 7.46. The number of sulfonamides is 1. The van der Waals surface area contributed by atoms with E-state index in [0.29, 0.717) is 19.3 Å². The lowest BCUT2D eigenvalue weighted by Gasteiger charge is -2.12. The van der Waals surface area contributed by atoms with Crippen molar-refractivity contribution in [2.45, 2.75) is 49.6 Å². The van der Waals surface area contributed by atoms with Crippen molar-refractivity contribution >= 4 is 10.0 Å². The summed E-state index contributed by atoms with van der Waals surface area (Å²) in [5, 5.41) is 0. The molecular formula is C15H24N2O3S. The van der Waals surface area contributed by atoms with Gasteiger partial charge in [0.2, 0.25) is 10.0 Å². The number of nitrogens with two attached hydrogens (primary N) is 1. The van der Waals surface area contributed by atoms with Gasteiger partial charge in [-0.05, 0) is 37.5 Å². The van der Waals surface area contributed by atoms with Crippen molar-refractivity contribution in [2.75, 3.05) is 13.2 Å². The fraction of sp³-hybridized carbons (Fsp3) is 0.600. The average Bonchev–Trinajstić information content (AvgIpc) is 2.97. The highest BCUT2D eigenvalue weighted by atomic mass is 32.2. The molecule has 1 unspecified atom stereocenters. The molecule has 1 saturated carbocycles. The highest BCUT2D eigenvalue weighted by Gasteiger charge is 2.17. The Bertz CT molecular complexity index is 552. The van der Waals surface area contributed by atoms with Crippen molar-refractivity contribution in [3.63, 3.8) is 0 Å². The van der Waals surface area contributed by atoms with E-state index in [1.165, 1.54) is 12.8 Å². The topological polar surface area (TPSA) is 81.4 Å². The predicted molar refractivity (Wildman–Crippen MR) is 82.4 cm³/mol. The number of benzene rings is 1. The quantitative estimate of drug-likeness (QED) is 0.754. The fourth-order valence-corrected chi connectivity index (χ4v) is 3.57. The van der Waals surface area contributed by atoms with Gasteiger partial charge in [-0.1, -0.05) is 25.0 Å². The minimum Gasteiger partial charge on any atom is -0.377 e. The molecule has 0 radical (unpaired) electrons. The summed E-state index contributed by atoms with van der Waals surface area (Å²) in [6.07, 6.45) is 4.89. The van der Waals surface area contributed by atoms with E-state index < -0.39 is 10.0 Å². The van der Waals surface area contributed by atoms with Gasteiger partial charge in [0, 0.05) is 12.6 Å². The van der Waals surface area contributed by atoms with Crippen molar-refractivity contribution < 1.29 is 13.2 Å². The summed E-state index contributed by atoms with van der Waals surface area (Å²) in [4.78, 5) is 0.248. The van der Waals surface area contributed by atoms with Gasteiger partial charge in [-0.2, -0.15) is 0 Å². The van der Waals surface area contributed by atoms with E-state index in [2.05, 4.69) is 4.72 Å². The Morgan fingerprint density at radius 2 is 2.10 bits per heavy atom. The molecule has 1 fully saturated rings.